The Hall–Kier alpha value is -2.22. The van der Waals surface area contributed by atoms with Crippen LogP contribution in [0.15, 0.2) is 58.1 Å². The smallest absolute Gasteiger partial charge is 0.277 e. The number of para-hydroxylation sites is 1. The Morgan fingerprint density at radius 3 is 2.69 bits per heavy atom. The number of benzene rings is 2. The minimum Gasteiger partial charge on any atom is -0.331 e. The van der Waals surface area contributed by atoms with Crippen LogP contribution in [-0.2, 0) is 0 Å². The van der Waals surface area contributed by atoms with Crippen molar-refractivity contribution in [1.29, 1.82) is 0 Å². The third-order valence-corrected chi connectivity index (χ3v) is 5.62. The van der Waals surface area contributed by atoms with Crippen molar-refractivity contribution >= 4 is 60.0 Å². The van der Waals surface area contributed by atoms with E-state index < -0.39 is 0 Å². The molecule has 4 rings (SSSR count). The summed E-state index contributed by atoms with van der Waals surface area (Å²) in [5.41, 5.74) is 2.66. The number of nitrogens with zero attached hydrogens (tertiary/aromatic N) is 3. The fraction of sp³-hybridized carbons (Fsp3) is 0.0556. The Balaban J connectivity index is 1.79. The van der Waals surface area contributed by atoms with Gasteiger partial charge in [-0.1, -0.05) is 51.0 Å². The van der Waals surface area contributed by atoms with E-state index in [1.807, 2.05) is 43.3 Å². The number of hydrogen-bond donors (Lipinski definition) is 1. The summed E-state index contributed by atoms with van der Waals surface area (Å²) in [5, 5.41) is 4.32. The number of aromatic nitrogens is 3. The monoisotopic (exact) mass is 446 g/mol. The number of fused-ring (bicyclic) bond motifs is 1. The maximum atomic E-state index is 12.9. The number of halogens is 2. The minimum atomic E-state index is -0.187. The molecule has 8 heteroatoms. The standard InChI is InChI=1S/C18H12BrClN4OS/c1-10-3-2-4-13(20)14(10)24-9-21-16-15(17(24)25)26-18(23-16)22-12-7-5-11(19)6-8-12/h2-9H,1H3,(H,22,23). The molecule has 2 aromatic heterocycles. The Labute approximate surface area is 166 Å². The summed E-state index contributed by atoms with van der Waals surface area (Å²) in [6, 6.07) is 13.2. The SMILES string of the molecule is Cc1cccc(Cl)c1-n1cnc2nc(Nc3ccc(Br)cc3)sc2c1=O. The largest absolute Gasteiger partial charge is 0.331 e. The van der Waals surface area contributed by atoms with Crippen LogP contribution in [0.3, 0.4) is 0 Å². The van der Waals surface area contributed by atoms with Crippen LogP contribution < -0.4 is 10.9 Å². The van der Waals surface area contributed by atoms with Crippen molar-refractivity contribution < 1.29 is 0 Å². The van der Waals surface area contributed by atoms with E-state index in [9.17, 15) is 4.79 Å². The van der Waals surface area contributed by atoms with Gasteiger partial charge in [0, 0.05) is 10.2 Å². The van der Waals surface area contributed by atoms with Crippen LogP contribution in [0.5, 0.6) is 0 Å². The number of aryl methyl sites for hydroxylation is 1. The molecule has 2 aromatic carbocycles. The number of anilines is 2. The van der Waals surface area contributed by atoms with Gasteiger partial charge >= 0.3 is 0 Å². The normalized spacial score (nSPS) is 11.0. The van der Waals surface area contributed by atoms with Gasteiger partial charge in [-0.25, -0.2) is 4.98 Å². The molecule has 0 aliphatic rings. The first-order chi connectivity index (χ1) is 12.5. The zero-order valence-electron chi connectivity index (χ0n) is 13.5. The molecule has 0 fully saturated rings. The van der Waals surface area contributed by atoms with Crippen molar-refractivity contribution in [2.75, 3.05) is 5.32 Å². The highest BCUT2D eigenvalue weighted by atomic mass is 79.9. The van der Waals surface area contributed by atoms with Crippen LogP contribution >= 0.6 is 38.9 Å². The van der Waals surface area contributed by atoms with Crippen LogP contribution in [0.4, 0.5) is 10.8 Å². The summed E-state index contributed by atoms with van der Waals surface area (Å²) in [6.45, 7) is 1.91. The molecule has 130 valence electrons. The van der Waals surface area contributed by atoms with Gasteiger partial charge in [0.1, 0.15) is 11.0 Å². The second-order valence-corrected chi connectivity index (χ2v) is 7.95. The van der Waals surface area contributed by atoms with Gasteiger partial charge in [0.15, 0.2) is 10.8 Å². The van der Waals surface area contributed by atoms with E-state index in [4.69, 9.17) is 11.6 Å². The summed E-state index contributed by atoms with van der Waals surface area (Å²) in [4.78, 5) is 21.7. The lowest BCUT2D eigenvalue weighted by atomic mass is 10.2. The topological polar surface area (TPSA) is 59.8 Å². The van der Waals surface area contributed by atoms with Crippen molar-refractivity contribution in [2.45, 2.75) is 6.92 Å². The first-order valence-electron chi connectivity index (χ1n) is 7.69. The summed E-state index contributed by atoms with van der Waals surface area (Å²) in [5.74, 6) is 0. The van der Waals surface area contributed by atoms with Gasteiger partial charge in [-0.15, -0.1) is 0 Å². The van der Waals surface area contributed by atoms with Gasteiger partial charge in [0.05, 0.1) is 10.7 Å². The predicted molar refractivity (Wildman–Crippen MR) is 110 cm³/mol. The minimum absolute atomic E-state index is 0.187. The molecule has 4 aromatic rings. The fourth-order valence-corrected chi connectivity index (χ4v) is 4.06. The van der Waals surface area contributed by atoms with Crippen LogP contribution in [0, 0.1) is 6.92 Å². The van der Waals surface area contributed by atoms with Crippen molar-refractivity contribution in [2.24, 2.45) is 0 Å². The number of thiazole rings is 1. The molecule has 0 saturated carbocycles. The molecule has 0 aliphatic heterocycles. The Morgan fingerprint density at radius 1 is 1.19 bits per heavy atom. The maximum absolute atomic E-state index is 12.9. The van der Waals surface area contributed by atoms with Gasteiger partial charge in [-0.2, -0.15) is 4.98 Å². The first-order valence-corrected chi connectivity index (χ1v) is 9.68. The highest BCUT2D eigenvalue weighted by molar-refractivity contribution is 9.10. The highest BCUT2D eigenvalue weighted by Gasteiger charge is 2.14. The van der Waals surface area contributed by atoms with Gasteiger partial charge in [-0.3, -0.25) is 9.36 Å². The number of rotatable bonds is 3. The van der Waals surface area contributed by atoms with E-state index >= 15 is 0 Å². The molecule has 1 N–H and O–H groups in total. The quantitative estimate of drug-likeness (QED) is 0.462. The summed E-state index contributed by atoms with van der Waals surface area (Å²) in [7, 11) is 0. The maximum Gasteiger partial charge on any atom is 0.277 e. The van der Waals surface area contributed by atoms with Gasteiger partial charge in [0.25, 0.3) is 5.56 Å². The van der Waals surface area contributed by atoms with Crippen molar-refractivity contribution in [1.82, 2.24) is 14.5 Å². The van der Waals surface area contributed by atoms with Crippen molar-refractivity contribution in [3.8, 4) is 5.69 Å². The predicted octanol–water partition coefficient (Wildman–Crippen LogP) is 5.31. The van der Waals surface area contributed by atoms with Crippen molar-refractivity contribution in [3.63, 3.8) is 0 Å². The average Bonchev–Trinajstić information content (AvgIpc) is 3.02. The molecule has 0 spiro atoms. The van der Waals surface area contributed by atoms with E-state index in [1.165, 1.54) is 22.2 Å². The molecular weight excluding hydrogens is 436 g/mol. The van der Waals surface area contributed by atoms with E-state index in [2.05, 4.69) is 31.2 Å². The third-order valence-electron chi connectivity index (χ3n) is 3.84. The Kier molecular flexibility index (Phi) is 4.52. The van der Waals surface area contributed by atoms with E-state index in [1.54, 1.807) is 6.07 Å². The van der Waals surface area contributed by atoms with Gasteiger partial charge in [-0.05, 0) is 42.8 Å². The second kappa shape index (κ2) is 6.83. The molecule has 0 aliphatic carbocycles. The second-order valence-electron chi connectivity index (χ2n) is 5.63. The van der Waals surface area contributed by atoms with Crippen LogP contribution in [0.1, 0.15) is 5.56 Å². The molecule has 0 bridgehead atoms. The lowest BCUT2D eigenvalue weighted by Gasteiger charge is -2.10. The lowest BCUT2D eigenvalue weighted by Crippen LogP contribution is -2.19. The Morgan fingerprint density at radius 2 is 1.96 bits per heavy atom. The third kappa shape index (κ3) is 3.13. The zero-order valence-corrected chi connectivity index (χ0v) is 16.7. The lowest BCUT2D eigenvalue weighted by molar-refractivity contribution is 0.952. The highest BCUT2D eigenvalue weighted by Crippen LogP contribution is 2.27. The zero-order chi connectivity index (χ0) is 18.3. The van der Waals surface area contributed by atoms with Crippen molar-refractivity contribution in [3.05, 3.63) is 74.2 Å². The molecule has 0 amide bonds. The summed E-state index contributed by atoms with van der Waals surface area (Å²) < 4.78 is 2.94. The summed E-state index contributed by atoms with van der Waals surface area (Å²) >= 11 is 11.0. The molecule has 5 nitrogen and oxygen atoms in total. The first kappa shape index (κ1) is 17.2. The van der Waals surface area contributed by atoms with E-state index in [0.717, 1.165) is 15.7 Å². The molecule has 0 atom stereocenters. The average molecular weight is 448 g/mol. The van der Waals surface area contributed by atoms with Gasteiger partial charge in [0.2, 0.25) is 0 Å². The van der Waals surface area contributed by atoms with E-state index in [0.29, 0.717) is 26.2 Å². The molecule has 0 saturated heterocycles. The van der Waals surface area contributed by atoms with Crippen LogP contribution in [0.25, 0.3) is 16.0 Å². The molecule has 2 heterocycles. The molecular formula is C18H12BrClN4OS. The molecule has 26 heavy (non-hydrogen) atoms. The fourth-order valence-electron chi connectivity index (χ4n) is 2.61. The van der Waals surface area contributed by atoms with Gasteiger partial charge < -0.3 is 5.32 Å². The summed E-state index contributed by atoms with van der Waals surface area (Å²) in [6.07, 6.45) is 1.47. The Bertz CT molecular complexity index is 1150. The van der Waals surface area contributed by atoms with E-state index in [-0.39, 0.29) is 5.56 Å². The number of hydrogen-bond acceptors (Lipinski definition) is 5. The molecule has 0 radical (unpaired) electrons. The van der Waals surface area contributed by atoms with Crippen LogP contribution in [-0.4, -0.2) is 14.5 Å². The number of nitrogens with one attached hydrogen (secondary N) is 1. The molecule has 0 unspecified atom stereocenters. The van der Waals surface area contributed by atoms with Crippen LogP contribution in [0.2, 0.25) is 5.02 Å².